The quantitative estimate of drug-likeness (QED) is 0.888. The lowest BCUT2D eigenvalue weighted by molar-refractivity contribution is 0.111. The molecule has 1 aliphatic heterocycles. The topological polar surface area (TPSA) is 98.3 Å². The van der Waals surface area contributed by atoms with Gasteiger partial charge in [-0.3, -0.25) is 10.00 Å². The molecular formula is C16H24N6O3. The third kappa shape index (κ3) is 3.65. The monoisotopic (exact) mass is 348 g/mol. The molecule has 2 amide bonds. The Kier molecular flexibility index (Phi) is 5.03. The maximum atomic E-state index is 12.8. The molecule has 0 spiro atoms. The van der Waals surface area contributed by atoms with Crippen molar-refractivity contribution in [3.8, 4) is 0 Å². The third-order valence-corrected chi connectivity index (χ3v) is 4.36. The Labute approximate surface area is 146 Å². The number of methoxy groups -OCH3 is 1. The zero-order chi connectivity index (χ0) is 18.0. The number of aryl methyl sites for hydroxylation is 3. The van der Waals surface area contributed by atoms with Gasteiger partial charge in [-0.2, -0.15) is 10.1 Å². The Bertz CT molecular complexity index is 740. The molecule has 2 atom stereocenters. The Morgan fingerprint density at radius 2 is 2.32 bits per heavy atom. The van der Waals surface area contributed by atoms with Gasteiger partial charge >= 0.3 is 6.03 Å². The van der Waals surface area contributed by atoms with Crippen LogP contribution in [-0.2, 0) is 18.2 Å². The van der Waals surface area contributed by atoms with Crippen molar-refractivity contribution in [2.75, 3.05) is 19.0 Å². The highest BCUT2D eigenvalue weighted by atomic mass is 16.5. The number of hydrogen-bond donors (Lipinski definition) is 1. The highest BCUT2D eigenvalue weighted by Gasteiger charge is 2.39. The summed E-state index contributed by atoms with van der Waals surface area (Å²) in [5.41, 5.74) is 0.959. The van der Waals surface area contributed by atoms with Gasteiger partial charge in [0.05, 0.1) is 11.8 Å². The Hall–Kier alpha value is -2.42. The van der Waals surface area contributed by atoms with Gasteiger partial charge in [0.2, 0.25) is 5.89 Å². The van der Waals surface area contributed by atoms with Crippen molar-refractivity contribution in [3.05, 3.63) is 23.5 Å². The van der Waals surface area contributed by atoms with Gasteiger partial charge in [-0.25, -0.2) is 4.79 Å². The van der Waals surface area contributed by atoms with E-state index in [4.69, 9.17) is 9.26 Å². The molecular weight excluding hydrogens is 324 g/mol. The molecule has 1 N–H and O–H groups in total. The smallest absolute Gasteiger partial charge is 0.323 e. The number of rotatable bonds is 5. The van der Waals surface area contributed by atoms with Gasteiger partial charge < -0.3 is 14.2 Å². The molecule has 9 heteroatoms. The van der Waals surface area contributed by atoms with E-state index < -0.39 is 0 Å². The second-order valence-corrected chi connectivity index (χ2v) is 6.27. The van der Waals surface area contributed by atoms with E-state index in [1.165, 1.54) is 0 Å². The van der Waals surface area contributed by atoms with Crippen molar-refractivity contribution in [1.82, 2.24) is 24.8 Å². The number of likely N-dealkylation sites (tertiary alicyclic amines) is 1. The molecule has 2 aromatic heterocycles. The number of urea groups is 1. The van der Waals surface area contributed by atoms with Crippen molar-refractivity contribution < 1.29 is 14.1 Å². The van der Waals surface area contributed by atoms with Gasteiger partial charge in [-0.1, -0.05) is 18.5 Å². The standard InChI is InChI=1S/C16H24N6O3/c1-5-6-11-7-14(21(3)19-11)18-16(23)22-9-12(24-4)8-13(22)15-17-10(2)20-25-15/h7,12-13H,5-6,8-9H2,1-4H3,(H,18,23)/t12-,13-/m1/s1. The largest absolute Gasteiger partial charge is 0.380 e. The van der Waals surface area contributed by atoms with Crippen LogP contribution in [0.25, 0.3) is 0 Å². The summed E-state index contributed by atoms with van der Waals surface area (Å²) < 4.78 is 12.4. The number of carbonyl (C=O) groups excluding carboxylic acids is 1. The third-order valence-electron chi connectivity index (χ3n) is 4.36. The van der Waals surface area contributed by atoms with Gasteiger partial charge in [0.25, 0.3) is 0 Å². The minimum atomic E-state index is -0.297. The Balaban J connectivity index is 1.77. The van der Waals surface area contributed by atoms with Crippen LogP contribution in [0.1, 0.15) is 43.2 Å². The molecule has 0 aliphatic carbocycles. The van der Waals surface area contributed by atoms with E-state index in [1.54, 1.807) is 23.6 Å². The summed E-state index contributed by atoms with van der Waals surface area (Å²) in [4.78, 5) is 18.8. The lowest BCUT2D eigenvalue weighted by atomic mass is 10.2. The van der Waals surface area contributed by atoms with Crippen LogP contribution < -0.4 is 5.32 Å². The number of carbonyl (C=O) groups is 1. The van der Waals surface area contributed by atoms with Gasteiger partial charge in [0.1, 0.15) is 11.9 Å². The van der Waals surface area contributed by atoms with Crippen molar-refractivity contribution in [2.45, 2.75) is 45.3 Å². The molecule has 136 valence electrons. The summed E-state index contributed by atoms with van der Waals surface area (Å²) >= 11 is 0. The number of nitrogens with one attached hydrogen (secondary N) is 1. The average molecular weight is 348 g/mol. The maximum Gasteiger partial charge on any atom is 0.323 e. The number of nitrogens with zero attached hydrogens (tertiary/aromatic N) is 5. The first-order valence-corrected chi connectivity index (χ1v) is 8.45. The summed E-state index contributed by atoms with van der Waals surface area (Å²) in [5.74, 6) is 1.64. The van der Waals surface area contributed by atoms with Crippen molar-refractivity contribution in [3.63, 3.8) is 0 Å². The summed E-state index contributed by atoms with van der Waals surface area (Å²) in [5, 5.41) is 11.2. The number of amides is 2. The van der Waals surface area contributed by atoms with Crippen LogP contribution >= 0.6 is 0 Å². The van der Waals surface area contributed by atoms with E-state index in [2.05, 4.69) is 27.5 Å². The zero-order valence-electron chi connectivity index (χ0n) is 15.0. The number of ether oxygens (including phenoxy) is 1. The highest BCUT2D eigenvalue weighted by molar-refractivity contribution is 5.89. The number of aromatic nitrogens is 4. The lowest BCUT2D eigenvalue weighted by Gasteiger charge is -2.22. The molecule has 25 heavy (non-hydrogen) atoms. The summed E-state index contributed by atoms with van der Waals surface area (Å²) in [6, 6.07) is 1.37. The first-order valence-electron chi connectivity index (χ1n) is 8.45. The minimum absolute atomic E-state index is 0.0647. The fourth-order valence-electron chi connectivity index (χ4n) is 3.08. The normalized spacial score (nSPS) is 20.2. The van der Waals surface area contributed by atoms with Gasteiger partial charge in [-0.05, 0) is 13.3 Å². The fraction of sp³-hybridized carbons (Fsp3) is 0.625. The Morgan fingerprint density at radius 3 is 2.96 bits per heavy atom. The van der Waals surface area contributed by atoms with E-state index in [-0.39, 0.29) is 18.2 Å². The van der Waals surface area contributed by atoms with E-state index in [0.29, 0.717) is 30.5 Å². The van der Waals surface area contributed by atoms with E-state index in [1.807, 2.05) is 13.1 Å². The molecule has 0 bridgehead atoms. The van der Waals surface area contributed by atoms with E-state index in [9.17, 15) is 4.79 Å². The summed E-state index contributed by atoms with van der Waals surface area (Å²) in [6.07, 6.45) is 2.44. The zero-order valence-corrected chi connectivity index (χ0v) is 15.0. The van der Waals surface area contributed by atoms with E-state index in [0.717, 1.165) is 18.5 Å². The van der Waals surface area contributed by atoms with Crippen LogP contribution in [0.15, 0.2) is 10.6 Å². The van der Waals surface area contributed by atoms with Crippen LogP contribution in [0, 0.1) is 6.92 Å². The van der Waals surface area contributed by atoms with Crippen molar-refractivity contribution in [1.29, 1.82) is 0 Å². The predicted octanol–water partition coefficient (Wildman–Crippen LogP) is 2.06. The maximum absolute atomic E-state index is 12.8. The minimum Gasteiger partial charge on any atom is -0.380 e. The Morgan fingerprint density at radius 1 is 1.52 bits per heavy atom. The van der Waals surface area contributed by atoms with Crippen LogP contribution in [0.5, 0.6) is 0 Å². The molecule has 2 aromatic rings. The molecule has 0 aromatic carbocycles. The SMILES string of the molecule is CCCc1cc(NC(=O)N2C[C@H](OC)C[C@@H]2c2nc(C)no2)n(C)n1. The summed E-state index contributed by atoms with van der Waals surface area (Å²) in [7, 11) is 3.45. The first-order chi connectivity index (χ1) is 12.0. The van der Waals surface area contributed by atoms with Gasteiger partial charge in [-0.15, -0.1) is 0 Å². The molecule has 1 saturated heterocycles. The average Bonchev–Trinajstić information content (AvgIpc) is 3.27. The van der Waals surface area contributed by atoms with Crippen LogP contribution in [0.2, 0.25) is 0 Å². The molecule has 3 rings (SSSR count). The fourth-order valence-corrected chi connectivity index (χ4v) is 3.08. The first kappa shape index (κ1) is 17.4. The van der Waals surface area contributed by atoms with E-state index >= 15 is 0 Å². The molecule has 1 aliphatic rings. The molecule has 0 saturated carbocycles. The van der Waals surface area contributed by atoms with Crippen molar-refractivity contribution >= 4 is 11.8 Å². The highest BCUT2D eigenvalue weighted by Crippen LogP contribution is 2.33. The van der Waals surface area contributed by atoms with Crippen LogP contribution in [-0.4, -0.2) is 50.6 Å². The predicted molar refractivity (Wildman–Crippen MR) is 90.1 cm³/mol. The molecule has 0 unspecified atom stereocenters. The molecule has 3 heterocycles. The van der Waals surface area contributed by atoms with Crippen molar-refractivity contribution in [2.24, 2.45) is 7.05 Å². The second kappa shape index (κ2) is 7.22. The molecule has 0 radical (unpaired) electrons. The molecule has 9 nitrogen and oxygen atoms in total. The second-order valence-electron chi connectivity index (χ2n) is 6.27. The summed E-state index contributed by atoms with van der Waals surface area (Å²) in [6.45, 7) is 4.32. The number of hydrogen-bond acceptors (Lipinski definition) is 6. The number of anilines is 1. The van der Waals surface area contributed by atoms with Crippen LogP contribution in [0.3, 0.4) is 0 Å². The van der Waals surface area contributed by atoms with Gasteiger partial charge in [0, 0.05) is 33.2 Å². The van der Waals surface area contributed by atoms with Crippen LogP contribution in [0.4, 0.5) is 10.6 Å². The lowest BCUT2D eigenvalue weighted by Crippen LogP contribution is -2.36. The molecule has 1 fully saturated rings. The van der Waals surface area contributed by atoms with Gasteiger partial charge in [0.15, 0.2) is 5.82 Å².